The smallest absolute Gasteiger partial charge is 0.254 e. The highest BCUT2D eigenvalue weighted by molar-refractivity contribution is 5.96. The van der Waals surface area contributed by atoms with Crippen molar-refractivity contribution < 1.29 is 9.53 Å². The number of ether oxygens (including phenoxy) is 1. The van der Waals surface area contributed by atoms with Crippen LogP contribution >= 0.6 is 0 Å². The van der Waals surface area contributed by atoms with Gasteiger partial charge in [0.1, 0.15) is 0 Å². The monoisotopic (exact) mass is 259 g/mol. The van der Waals surface area contributed by atoms with Gasteiger partial charge in [0.2, 0.25) is 0 Å². The summed E-state index contributed by atoms with van der Waals surface area (Å²) in [6, 6.07) is 7.93. The van der Waals surface area contributed by atoms with Gasteiger partial charge in [-0.1, -0.05) is 18.2 Å². The zero-order valence-corrected chi connectivity index (χ0v) is 11.7. The molecule has 0 N–H and O–H groups in total. The molecule has 0 aromatic heterocycles. The molecule has 102 valence electrons. The van der Waals surface area contributed by atoms with Crippen molar-refractivity contribution in [1.29, 1.82) is 0 Å². The van der Waals surface area contributed by atoms with E-state index < -0.39 is 0 Å². The van der Waals surface area contributed by atoms with Gasteiger partial charge in [0.05, 0.1) is 11.7 Å². The highest BCUT2D eigenvalue weighted by Gasteiger charge is 2.34. The SMILES string of the molecule is CC1(C)CCC(CN2CCc3ccccc3C2=O)O1. The van der Waals surface area contributed by atoms with Gasteiger partial charge in [0.25, 0.3) is 5.91 Å². The van der Waals surface area contributed by atoms with E-state index in [-0.39, 0.29) is 17.6 Å². The average molecular weight is 259 g/mol. The fourth-order valence-electron chi connectivity index (χ4n) is 3.10. The lowest BCUT2D eigenvalue weighted by molar-refractivity contribution is -0.0268. The van der Waals surface area contributed by atoms with E-state index in [0.717, 1.165) is 37.9 Å². The molecule has 2 heterocycles. The fourth-order valence-corrected chi connectivity index (χ4v) is 3.10. The van der Waals surface area contributed by atoms with Crippen molar-refractivity contribution in [2.24, 2.45) is 0 Å². The molecule has 1 aromatic rings. The molecule has 3 rings (SSSR count). The minimum Gasteiger partial charge on any atom is -0.371 e. The predicted molar refractivity (Wildman–Crippen MR) is 74.2 cm³/mol. The second kappa shape index (κ2) is 4.64. The van der Waals surface area contributed by atoms with E-state index in [2.05, 4.69) is 19.9 Å². The molecule has 1 saturated heterocycles. The Bertz CT molecular complexity index is 495. The molecule has 1 atom stereocenters. The number of hydrogen-bond donors (Lipinski definition) is 0. The molecule has 3 nitrogen and oxygen atoms in total. The van der Waals surface area contributed by atoms with Crippen LogP contribution in [0.1, 0.15) is 42.6 Å². The first-order valence-electron chi connectivity index (χ1n) is 7.10. The van der Waals surface area contributed by atoms with Crippen molar-refractivity contribution in [3.8, 4) is 0 Å². The van der Waals surface area contributed by atoms with E-state index in [0.29, 0.717) is 0 Å². The van der Waals surface area contributed by atoms with Crippen molar-refractivity contribution in [1.82, 2.24) is 4.90 Å². The minimum absolute atomic E-state index is 0.0264. The maximum Gasteiger partial charge on any atom is 0.254 e. The van der Waals surface area contributed by atoms with Crippen molar-refractivity contribution in [2.45, 2.75) is 44.8 Å². The summed E-state index contributed by atoms with van der Waals surface area (Å²) in [5, 5.41) is 0. The van der Waals surface area contributed by atoms with Crippen LogP contribution in [0.2, 0.25) is 0 Å². The van der Waals surface area contributed by atoms with Crippen molar-refractivity contribution in [3.63, 3.8) is 0 Å². The number of carbonyl (C=O) groups is 1. The van der Waals surface area contributed by atoms with Gasteiger partial charge >= 0.3 is 0 Å². The number of fused-ring (bicyclic) bond motifs is 1. The molecular weight excluding hydrogens is 238 g/mol. The van der Waals surface area contributed by atoms with Gasteiger partial charge in [-0.25, -0.2) is 0 Å². The summed E-state index contributed by atoms with van der Waals surface area (Å²) in [5.41, 5.74) is 2.02. The Morgan fingerprint density at radius 3 is 2.89 bits per heavy atom. The maximum atomic E-state index is 12.4. The van der Waals surface area contributed by atoms with E-state index in [4.69, 9.17) is 4.74 Å². The van der Waals surface area contributed by atoms with E-state index in [1.165, 1.54) is 5.56 Å². The maximum absolute atomic E-state index is 12.4. The topological polar surface area (TPSA) is 29.5 Å². The molecule has 1 unspecified atom stereocenters. The molecule has 1 fully saturated rings. The van der Waals surface area contributed by atoms with Crippen LogP contribution in [-0.4, -0.2) is 35.6 Å². The number of carbonyl (C=O) groups excluding carboxylic acids is 1. The summed E-state index contributed by atoms with van der Waals surface area (Å²) in [6.07, 6.45) is 3.29. The highest BCUT2D eigenvalue weighted by Crippen LogP contribution is 2.30. The first-order valence-corrected chi connectivity index (χ1v) is 7.10. The Kier molecular flexibility index (Phi) is 3.09. The van der Waals surface area contributed by atoms with Gasteiger partial charge < -0.3 is 9.64 Å². The lowest BCUT2D eigenvalue weighted by Crippen LogP contribution is -2.42. The number of rotatable bonds is 2. The van der Waals surface area contributed by atoms with Crippen LogP contribution in [-0.2, 0) is 11.2 Å². The summed E-state index contributed by atoms with van der Waals surface area (Å²) in [4.78, 5) is 14.4. The Balaban J connectivity index is 1.70. The number of benzene rings is 1. The molecule has 1 amide bonds. The second-order valence-corrected chi connectivity index (χ2v) is 6.20. The normalized spacial score (nSPS) is 25.5. The first-order chi connectivity index (χ1) is 9.05. The molecule has 0 spiro atoms. The van der Waals surface area contributed by atoms with Crippen LogP contribution in [0.5, 0.6) is 0 Å². The van der Waals surface area contributed by atoms with Gasteiger partial charge in [-0.3, -0.25) is 4.79 Å². The number of nitrogens with zero attached hydrogens (tertiary/aromatic N) is 1. The molecule has 0 radical (unpaired) electrons. The van der Waals surface area contributed by atoms with Crippen LogP contribution in [0.15, 0.2) is 24.3 Å². The van der Waals surface area contributed by atoms with Crippen LogP contribution in [0.3, 0.4) is 0 Å². The largest absolute Gasteiger partial charge is 0.371 e. The summed E-state index contributed by atoms with van der Waals surface area (Å²) in [5.74, 6) is 0.162. The number of hydrogen-bond acceptors (Lipinski definition) is 2. The quantitative estimate of drug-likeness (QED) is 0.817. The Labute approximate surface area is 114 Å². The third kappa shape index (κ3) is 2.52. The molecule has 2 aliphatic heterocycles. The fraction of sp³-hybridized carbons (Fsp3) is 0.562. The van der Waals surface area contributed by atoms with Gasteiger partial charge in [-0.2, -0.15) is 0 Å². The third-order valence-electron chi connectivity index (χ3n) is 4.16. The van der Waals surface area contributed by atoms with E-state index in [1.807, 2.05) is 23.1 Å². The van der Waals surface area contributed by atoms with Gasteiger partial charge in [0.15, 0.2) is 0 Å². The lowest BCUT2D eigenvalue weighted by Gasteiger charge is -2.31. The Morgan fingerprint density at radius 1 is 1.37 bits per heavy atom. The molecule has 1 aromatic carbocycles. The minimum atomic E-state index is -0.0264. The summed E-state index contributed by atoms with van der Waals surface area (Å²) in [7, 11) is 0. The predicted octanol–water partition coefficient (Wildman–Crippen LogP) is 2.64. The average Bonchev–Trinajstić information content (AvgIpc) is 2.73. The van der Waals surface area contributed by atoms with Crippen molar-refractivity contribution >= 4 is 5.91 Å². The standard InChI is InChI=1S/C16H21NO2/c1-16(2)9-7-13(19-16)11-17-10-8-12-5-3-4-6-14(12)15(17)18/h3-6,13H,7-11H2,1-2H3. The zero-order valence-electron chi connectivity index (χ0n) is 11.7. The van der Waals surface area contributed by atoms with Crippen LogP contribution in [0, 0.1) is 0 Å². The summed E-state index contributed by atoms with van der Waals surface area (Å²) < 4.78 is 5.99. The van der Waals surface area contributed by atoms with Gasteiger partial charge in [-0.05, 0) is 44.7 Å². The molecule has 0 saturated carbocycles. The number of amides is 1. The Hall–Kier alpha value is -1.35. The van der Waals surface area contributed by atoms with Gasteiger partial charge in [0, 0.05) is 18.7 Å². The van der Waals surface area contributed by atoms with E-state index in [1.54, 1.807) is 0 Å². The highest BCUT2D eigenvalue weighted by atomic mass is 16.5. The van der Waals surface area contributed by atoms with E-state index >= 15 is 0 Å². The molecule has 3 heteroatoms. The van der Waals surface area contributed by atoms with Crippen molar-refractivity contribution in [2.75, 3.05) is 13.1 Å². The molecule has 2 aliphatic rings. The van der Waals surface area contributed by atoms with Crippen LogP contribution in [0.25, 0.3) is 0 Å². The summed E-state index contributed by atoms with van der Waals surface area (Å²) in [6.45, 7) is 5.80. The third-order valence-corrected chi connectivity index (χ3v) is 4.16. The molecule has 0 bridgehead atoms. The molecular formula is C16H21NO2. The van der Waals surface area contributed by atoms with Crippen molar-refractivity contribution in [3.05, 3.63) is 35.4 Å². The second-order valence-electron chi connectivity index (χ2n) is 6.20. The molecule has 0 aliphatic carbocycles. The Morgan fingerprint density at radius 2 is 2.16 bits per heavy atom. The zero-order chi connectivity index (χ0) is 13.5. The van der Waals surface area contributed by atoms with E-state index in [9.17, 15) is 4.79 Å². The van der Waals surface area contributed by atoms with Crippen LogP contribution < -0.4 is 0 Å². The van der Waals surface area contributed by atoms with Gasteiger partial charge in [-0.15, -0.1) is 0 Å². The summed E-state index contributed by atoms with van der Waals surface area (Å²) >= 11 is 0. The van der Waals surface area contributed by atoms with Crippen LogP contribution in [0.4, 0.5) is 0 Å². The first kappa shape index (κ1) is 12.7. The lowest BCUT2D eigenvalue weighted by atomic mass is 9.98. The molecule has 19 heavy (non-hydrogen) atoms.